The second-order valence-corrected chi connectivity index (χ2v) is 6.77. The molecule has 0 bridgehead atoms. The Kier molecular flexibility index (Phi) is 5.35. The van der Waals surface area contributed by atoms with Gasteiger partial charge in [0.05, 0.1) is 37.6 Å². The van der Waals surface area contributed by atoms with E-state index in [4.69, 9.17) is 9.47 Å². The Hall–Kier alpha value is -2.57. The zero-order valence-corrected chi connectivity index (χ0v) is 15.4. The van der Waals surface area contributed by atoms with E-state index in [1.807, 2.05) is 20.8 Å². The predicted octanol–water partition coefficient (Wildman–Crippen LogP) is 3.29. The SMILES string of the molecule is COc1cc(F)c(C(C)NC(=O)c2cnn(C(C)(C)C)c2)cc1OC. The smallest absolute Gasteiger partial charge is 0.254 e. The minimum Gasteiger partial charge on any atom is -0.493 e. The lowest BCUT2D eigenvalue weighted by Gasteiger charge is -2.19. The zero-order valence-electron chi connectivity index (χ0n) is 15.4. The highest BCUT2D eigenvalue weighted by atomic mass is 19.1. The van der Waals surface area contributed by atoms with E-state index in [9.17, 15) is 9.18 Å². The molecule has 6 nitrogen and oxygen atoms in total. The predicted molar refractivity (Wildman–Crippen MR) is 92.6 cm³/mol. The lowest BCUT2D eigenvalue weighted by molar-refractivity contribution is 0.0939. The Morgan fingerprint density at radius 3 is 2.36 bits per heavy atom. The molecule has 0 aliphatic carbocycles. The fourth-order valence-corrected chi connectivity index (χ4v) is 2.37. The van der Waals surface area contributed by atoms with Crippen molar-refractivity contribution < 1.29 is 18.7 Å². The average molecular weight is 349 g/mol. The maximum absolute atomic E-state index is 14.3. The summed E-state index contributed by atoms with van der Waals surface area (Å²) in [6.07, 6.45) is 3.17. The monoisotopic (exact) mass is 349 g/mol. The Labute approximate surface area is 146 Å². The fraction of sp³-hybridized carbons (Fsp3) is 0.444. The molecule has 1 aromatic carbocycles. The third kappa shape index (κ3) is 4.10. The fourth-order valence-electron chi connectivity index (χ4n) is 2.37. The van der Waals surface area contributed by atoms with Crippen LogP contribution in [-0.4, -0.2) is 29.9 Å². The maximum atomic E-state index is 14.3. The van der Waals surface area contributed by atoms with Crippen LogP contribution in [-0.2, 0) is 5.54 Å². The Balaban J connectivity index is 2.20. The van der Waals surface area contributed by atoms with Gasteiger partial charge in [-0.25, -0.2) is 4.39 Å². The Bertz CT molecular complexity index is 765. The van der Waals surface area contributed by atoms with Gasteiger partial charge in [0.25, 0.3) is 5.91 Å². The molecule has 0 aliphatic heterocycles. The number of amides is 1. The van der Waals surface area contributed by atoms with E-state index in [1.54, 1.807) is 17.8 Å². The molecular formula is C18H24FN3O3. The molecule has 25 heavy (non-hydrogen) atoms. The van der Waals surface area contributed by atoms with Crippen molar-refractivity contribution in [3.05, 3.63) is 41.5 Å². The molecule has 1 heterocycles. The summed E-state index contributed by atoms with van der Waals surface area (Å²) in [4.78, 5) is 12.4. The maximum Gasteiger partial charge on any atom is 0.254 e. The van der Waals surface area contributed by atoms with Gasteiger partial charge in [-0.1, -0.05) is 0 Å². The average Bonchev–Trinajstić information content (AvgIpc) is 3.04. The van der Waals surface area contributed by atoms with Gasteiger partial charge >= 0.3 is 0 Å². The summed E-state index contributed by atoms with van der Waals surface area (Å²) in [7, 11) is 2.92. The lowest BCUT2D eigenvalue weighted by atomic mass is 10.1. The molecule has 0 fully saturated rings. The summed E-state index contributed by atoms with van der Waals surface area (Å²) >= 11 is 0. The number of nitrogens with one attached hydrogen (secondary N) is 1. The highest BCUT2D eigenvalue weighted by Gasteiger charge is 2.21. The summed E-state index contributed by atoms with van der Waals surface area (Å²) in [6, 6.07) is 2.22. The van der Waals surface area contributed by atoms with Crippen LogP contribution in [0.3, 0.4) is 0 Å². The molecule has 0 aliphatic rings. The van der Waals surface area contributed by atoms with Crippen molar-refractivity contribution >= 4 is 5.91 Å². The van der Waals surface area contributed by atoms with Crippen LogP contribution >= 0.6 is 0 Å². The largest absolute Gasteiger partial charge is 0.493 e. The topological polar surface area (TPSA) is 65.4 Å². The van der Waals surface area contributed by atoms with Gasteiger partial charge in [0, 0.05) is 17.8 Å². The van der Waals surface area contributed by atoms with Crippen molar-refractivity contribution in [3.8, 4) is 11.5 Å². The highest BCUT2D eigenvalue weighted by molar-refractivity contribution is 5.93. The molecule has 0 radical (unpaired) electrons. The Morgan fingerprint density at radius 2 is 1.84 bits per heavy atom. The van der Waals surface area contributed by atoms with Crippen LogP contribution in [0.2, 0.25) is 0 Å². The van der Waals surface area contributed by atoms with E-state index < -0.39 is 11.9 Å². The van der Waals surface area contributed by atoms with Crippen molar-refractivity contribution in [2.45, 2.75) is 39.3 Å². The Morgan fingerprint density at radius 1 is 1.24 bits per heavy atom. The van der Waals surface area contributed by atoms with Crippen LogP contribution in [0, 0.1) is 5.82 Å². The van der Waals surface area contributed by atoms with Crippen LogP contribution in [0.5, 0.6) is 11.5 Å². The van der Waals surface area contributed by atoms with Crippen molar-refractivity contribution in [2.75, 3.05) is 14.2 Å². The molecule has 1 atom stereocenters. The van der Waals surface area contributed by atoms with Crippen LogP contribution in [0.1, 0.15) is 49.7 Å². The number of carbonyl (C=O) groups is 1. The third-order valence-corrected chi connectivity index (χ3v) is 3.85. The van der Waals surface area contributed by atoms with E-state index in [2.05, 4.69) is 10.4 Å². The van der Waals surface area contributed by atoms with Gasteiger partial charge < -0.3 is 14.8 Å². The van der Waals surface area contributed by atoms with Crippen LogP contribution < -0.4 is 14.8 Å². The number of hydrogen-bond donors (Lipinski definition) is 1. The van der Waals surface area contributed by atoms with Gasteiger partial charge in [-0.15, -0.1) is 0 Å². The molecular weight excluding hydrogens is 325 g/mol. The first kappa shape index (κ1) is 18.8. The quantitative estimate of drug-likeness (QED) is 0.900. The first-order valence-electron chi connectivity index (χ1n) is 7.94. The molecule has 0 spiro atoms. The molecule has 1 unspecified atom stereocenters. The van der Waals surface area contributed by atoms with Gasteiger partial charge in [-0.3, -0.25) is 9.48 Å². The molecule has 0 saturated heterocycles. The molecule has 0 saturated carbocycles. The lowest BCUT2D eigenvalue weighted by Crippen LogP contribution is -2.27. The second kappa shape index (κ2) is 7.13. The number of carbonyl (C=O) groups excluding carboxylic acids is 1. The molecule has 1 N–H and O–H groups in total. The summed E-state index contributed by atoms with van der Waals surface area (Å²) in [6.45, 7) is 7.67. The van der Waals surface area contributed by atoms with Crippen molar-refractivity contribution in [2.24, 2.45) is 0 Å². The minimum absolute atomic E-state index is 0.223. The van der Waals surface area contributed by atoms with Crippen LogP contribution in [0.15, 0.2) is 24.5 Å². The minimum atomic E-state index is -0.551. The van der Waals surface area contributed by atoms with Gasteiger partial charge in [0.1, 0.15) is 5.82 Å². The van der Waals surface area contributed by atoms with Crippen LogP contribution in [0.4, 0.5) is 4.39 Å². The van der Waals surface area contributed by atoms with E-state index in [-0.39, 0.29) is 11.4 Å². The molecule has 2 aromatic rings. The normalized spacial score (nSPS) is 12.6. The number of nitrogens with zero attached hydrogens (tertiary/aromatic N) is 2. The van der Waals surface area contributed by atoms with Crippen molar-refractivity contribution in [1.29, 1.82) is 0 Å². The van der Waals surface area contributed by atoms with Gasteiger partial charge in [0.2, 0.25) is 0 Å². The van der Waals surface area contributed by atoms with E-state index in [0.29, 0.717) is 22.6 Å². The van der Waals surface area contributed by atoms with Gasteiger partial charge in [0.15, 0.2) is 11.5 Å². The third-order valence-electron chi connectivity index (χ3n) is 3.85. The number of halogens is 1. The second-order valence-electron chi connectivity index (χ2n) is 6.77. The molecule has 1 amide bonds. The number of methoxy groups -OCH3 is 2. The van der Waals surface area contributed by atoms with Gasteiger partial charge in [-0.05, 0) is 33.8 Å². The number of hydrogen-bond acceptors (Lipinski definition) is 4. The number of ether oxygens (including phenoxy) is 2. The molecule has 1 aromatic heterocycles. The number of aromatic nitrogens is 2. The van der Waals surface area contributed by atoms with E-state index >= 15 is 0 Å². The summed E-state index contributed by atoms with van der Waals surface area (Å²) in [5, 5.41) is 6.98. The number of rotatable bonds is 5. The first-order valence-corrected chi connectivity index (χ1v) is 7.94. The summed E-state index contributed by atoms with van der Waals surface area (Å²) in [5.74, 6) is -0.0951. The molecule has 7 heteroatoms. The van der Waals surface area contributed by atoms with Crippen molar-refractivity contribution in [1.82, 2.24) is 15.1 Å². The van der Waals surface area contributed by atoms with Crippen molar-refractivity contribution in [3.63, 3.8) is 0 Å². The standard InChI is InChI=1S/C18H24FN3O3/c1-11(13-7-15(24-5)16(25-6)8-14(13)19)21-17(23)12-9-20-22(10-12)18(2,3)4/h7-11H,1-6H3,(H,21,23). The van der Waals surface area contributed by atoms with E-state index in [1.165, 1.54) is 32.5 Å². The summed E-state index contributed by atoms with van der Waals surface area (Å²) in [5.41, 5.74) is 0.511. The first-order chi connectivity index (χ1) is 11.7. The van der Waals surface area contributed by atoms with E-state index in [0.717, 1.165) is 0 Å². The summed E-state index contributed by atoms with van der Waals surface area (Å²) < 4.78 is 26.3. The van der Waals surface area contributed by atoms with Crippen LogP contribution in [0.25, 0.3) is 0 Å². The molecule has 2 rings (SSSR count). The molecule has 136 valence electrons. The number of benzene rings is 1. The highest BCUT2D eigenvalue weighted by Crippen LogP contribution is 2.32. The zero-order chi connectivity index (χ0) is 18.8. The van der Waals surface area contributed by atoms with Gasteiger partial charge in [-0.2, -0.15) is 5.10 Å².